The topological polar surface area (TPSA) is 49.9 Å². The summed E-state index contributed by atoms with van der Waals surface area (Å²) in [6.45, 7) is 0. The Hall–Kier alpha value is -0.750. The Morgan fingerprint density at radius 1 is 1.00 bits per heavy atom. The fourth-order valence-electron chi connectivity index (χ4n) is 0.889. The molecular weight excluding hydrogens is 204 g/mol. The molecule has 5 nitrogen and oxygen atoms in total. The van der Waals surface area contributed by atoms with Gasteiger partial charge in [0.2, 0.25) is 0 Å². The lowest BCUT2D eigenvalue weighted by Gasteiger charge is -2.35. The molecule has 0 saturated carbocycles. The van der Waals surface area contributed by atoms with Gasteiger partial charge in [-0.05, 0) is 0 Å². The minimum atomic E-state index is -0.515. The predicted octanol–water partition coefficient (Wildman–Crippen LogP) is -0.422. The third-order valence-electron chi connectivity index (χ3n) is 1.78. The van der Waals surface area contributed by atoms with Crippen LogP contribution in [0.2, 0.25) is 0 Å². The van der Waals surface area contributed by atoms with Crippen molar-refractivity contribution in [1.29, 1.82) is 0 Å². The molecule has 1 saturated heterocycles. The first-order valence-corrected chi connectivity index (χ1v) is 5.11. The van der Waals surface area contributed by atoms with Crippen LogP contribution < -0.4 is 0 Å². The molecule has 6 heteroatoms. The number of hydrogen-bond acceptors (Lipinski definition) is 4. The van der Waals surface area contributed by atoms with Crippen molar-refractivity contribution in [3.05, 3.63) is 0 Å². The van der Waals surface area contributed by atoms with Crippen LogP contribution in [0.4, 0.5) is 0 Å². The molecule has 80 valence electrons. The molecule has 14 heavy (non-hydrogen) atoms. The molecule has 0 bridgehead atoms. The first kappa shape index (κ1) is 11.3. The summed E-state index contributed by atoms with van der Waals surface area (Å²) in [4.78, 5) is 25.5. The lowest BCUT2D eigenvalue weighted by Crippen LogP contribution is -2.49. The largest absolute Gasteiger partial charge is 0.346 e. The smallest absolute Gasteiger partial charge is 0.261 e. The van der Waals surface area contributed by atoms with E-state index in [2.05, 4.69) is 0 Å². The third kappa shape index (κ3) is 2.19. The van der Waals surface area contributed by atoms with Gasteiger partial charge in [-0.25, -0.2) is 0 Å². The maximum Gasteiger partial charge on any atom is 0.261 e. The van der Waals surface area contributed by atoms with Gasteiger partial charge in [-0.3, -0.25) is 9.59 Å². The highest BCUT2D eigenvalue weighted by Crippen LogP contribution is 2.34. The monoisotopic (exact) mass is 218 g/mol. The molecule has 2 amide bonds. The van der Waals surface area contributed by atoms with Crippen molar-refractivity contribution >= 4 is 23.6 Å². The van der Waals surface area contributed by atoms with Crippen molar-refractivity contribution in [2.24, 2.45) is 0 Å². The van der Waals surface area contributed by atoms with Gasteiger partial charge in [0.05, 0.1) is 0 Å². The minimum Gasteiger partial charge on any atom is -0.346 e. The zero-order chi connectivity index (χ0) is 10.9. The Morgan fingerprint density at radius 2 is 1.29 bits per heavy atom. The Kier molecular flexibility index (Phi) is 3.38. The van der Waals surface area contributed by atoms with Crippen LogP contribution in [0.1, 0.15) is 0 Å². The van der Waals surface area contributed by atoms with Gasteiger partial charge in [-0.2, -0.15) is 0 Å². The van der Waals surface area contributed by atoms with E-state index in [9.17, 15) is 9.59 Å². The van der Waals surface area contributed by atoms with E-state index < -0.39 is 10.9 Å². The summed E-state index contributed by atoms with van der Waals surface area (Å²) in [6, 6.07) is 0. The van der Waals surface area contributed by atoms with Gasteiger partial charge in [0.1, 0.15) is 0 Å². The van der Waals surface area contributed by atoms with E-state index in [0.29, 0.717) is 0 Å². The van der Waals surface area contributed by atoms with E-state index in [0.717, 1.165) is 0 Å². The Morgan fingerprint density at radius 3 is 1.50 bits per heavy atom. The van der Waals surface area contributed by atoms with Gasteiger partial charge in [0.25, 0.3) is 11.8 Å². The lowest BCUT2D eigenvalue weighted by molar-refractivity contribution is -0.147. The van der Waals surface area contributed by atoms with Gasteiger partial charge in [-0.15, -0.1) is 0 Å². The number of carbonyl (C=O) groups is 2. The van der Waals surface area contributed by atoms with E-state index in [1.165, 1.54) is 21.6 Å². The molecular formula is C8H14N2O3S. The number of carbonyl (C=O) groups excluding carboxylic acids is 2. The van der Waals surface area contributed by atoms with E-state index >= 15 is 0 Å². The van der Waals surface area contributed by atoms with Crippen LogP contribution in [0.15, 0.2) is 0 Å². The number of ether oxygens (including phenoxy) is 1. The highest BCUT2D eigenvalue weighted by Gasteiger charge is 2.42. The van der Waals surface area contributed by atoms with Crippen molar-refractivity contribution < 1.29 is 14.3 Å². The lowest BCUT2D eigenvalue weighted by atomic mass is 10.5. The molecule has 1 rings (SSSR count). The summed E-state index contributed by atoms with van der Waals surface area (Å²) >= 11 is 1.24. The van der Waals surface area contributed by atoms with Crippen LogP contribution in [-0.4, -0.2) is 60.7 Å². The van der Waals surface area contributed by atoms with Crippen LogP contribution >= 0.6 is 11.8 Å². The fourth-order valence-corrected chi connectivity index (χ4v) is 1.95. The zero-order valence-corrected chi connectivity index (χ0v) is 9.50. The molecule has 1 aliphatic rings. The average Bonchev–Trinajstić information content (AvgIpc) is 2.00. The predicted molar refractivity (Wildman–Crippen MR) is 53.6 cm³/mol. The third-order valence-corrected chi connectivity index (χ3v) is 2.90. The molecule has 2 unspecified atom stereocenters. The second-order valence-electron chi connectivity index (χ2n) is 3.40. The molecule has 0 aromatic heterocycles. The molecule has 2 atom stereocenters. The molecule has 1 fully saturated rings. The van der Waals surface area contributed by atoms with Crippen molar-refractivity contribution in [2.45, 2.75) is 10.9 Å². The van der Waals surface area contributed by atoms with E-state index in [4.69, 9.17) is 4.74 Å². The second-order valence-corrected chi connectivity index (χ2v) is 4.53. The zero-order valence-electron chi connectivity index (χ0n) is 8.68. The van der Waals surface area contributed by atoms with Gasteiger partial charge >= 0.3 is 0 Å². The average molecular weight is 218 g/mol. The van der Waals surface area contributed by atoms with Crippen molar-refractivity contribution in [3.8, 4) is 0 Å². The number of hydrogen-bond donors (Lipinski definition) is 0. The van der Waals surface area contributed by atoms with Crippen LogP contribution in [0.3, 0.4) is 0 Å². The molecule has 1 heterocycles. The summed E-state index contributed by atoms with van der Waals surface area (Å²) in [7, 11) is 6.64. The summed E-state index contributed by atoms with van der Waals surface area (Å²) in [5.41, 5.74) is -1.03. The number of rotatable bonds is 2. The van der Waals surface area contributed by atoms with Crippen molar-refractivity contribution in [3.63, 3.8) is 0 Å². The molecule has 0 aromatic rings. The van der Waals surface area contributed by atoms with Crippen molar-refractivity contribution in [1.82, 2.24) is 9.80 Å². The molecule has 0 aliphatic carbocycles. The second kappa shape index (κ2) is 4.18. The van der Waals surface area contributed by atoms with Crippen LogP contribution in [0, 0.1) is 0 Å². The molecule has 1 aliphatic heterocycles. The van der Waals surface area contributed by atoms with Gasteiger partial charge < -0.3 is 14.5 Å². The van der Waals surface area contributed by atoms with Gasteiger partial charge in [-0.1, -0.05) is 11.8 Å². The molecule has 0 spiro atoms. The highest BCUT2D eigenvalue weighted by atomic mass is 32.2. The minimum absolute atomic E-state index is 0.113. The van der Waals surface area contributed by atoms with E-state index in [-0.39, 0.29) is 11.8 Å². The highest BCUT2D eigenvalue weighted by molar-refractivity contribution is 8.02. The molecule has 0 aromatic carbocycles. The van der Waals surface area contributed by atoms with E-state index in [1.54, 1.807) is 28.2 Å². The van der Waals surface area contributed by atoms with Crippen molar-refractivity contribution in [2.75, 3.05) is 28.2 Å². The molecule has 0 radical (unpaired) electrons. The first-order valence-electron chi connectivity index (χ1n) is 4.16. The maximum absolute atomic E-state index is 11.3. The SMILES string of the molecule is CN(C)C(=O)C1OC(C(=O)N(C)C)S1. The van der Waals surface area contributed by atoms with Crippen LogP contribution in [0.25, 0.3) is 0 Å². The van der Waals surface area contributed by atoms with E-state index in [1.807, 2.05) is 0 Å². The summed E-state index contributed by atoms with van der Waals surface area (Å²) < 4.78 is 5.17. The standard InChI is InChI=1S/C8H14N2O3S/c1-9(2)5(11)7-13-8(14-7)6(12)10(3)4/h7-8H,1-4H3. The summed E-state index contributed by atoms with van der Waals surface area (Å²) in [6.07, 6.45) is 0. The quantitative estimate of drug-likeness (QED) is 0.631. The fraction of sp³-hybridized carbons (Fsp3) is 0.750. The summed E-state index contributed by atoms with van der Waals surface area (Å²) in [5, 5.41) is 0. The van der Waals surface area contributed by atoms with Gasteiger partial charge in [0.15, 0.2) is 10.9 Å². The Bertz CT molecular complexity index is 225. The maximum atomic E-state index is 11.3. The van der Waals surface area contributed by atoms with Crippen LogP contribution in [0.5, 0.6) is 0 Å². The normalized spacial score (nSPS) is 25.1. The van der Waals surface area contributed by atoms with Crippen LogP contribution in [-0.2, 0) is 14.3 Å². The number of thioether (sulfide) groups is 1. The molecule has 0 N–H and O–H groups in total. The Labute approximate surface area is 87.4 Å². The Balaban J connectivity index is 2.37. The van der Waals surface area contributed by atoms with Gasteiger partial charge in [0, 0.05) is 28.2 Å². The first-order chi connectivity index (χ1) is 6.43. The number of nitrogens with zero attached hydrogens (tertiary/aromatic N) is 2. The number of amides is 2. The number of likely N-dealkylation sites (N-methyl/N-ethyl adjacent to an activating group) is 2. The summed E-state index contributed by atoms with van der Waals surface area (Å²) in [5.74, 6) is -0.226.